The number of para-hydroxylation sites is 1. The van der Waals surface area contributed by atoms with E-state index < -0.39 is 5.97 Å². The Bertz CT molecular complexity index is 910. The molecule has 4 nitrogen and oxygen atoms in total. The van der Waals surface area contributed by atoms with Gasteiger partial charge in [0.2, 0.25) is 0 Å². The van der Waals surface area contributed by atoms with Gasteiger partial charge < -0.3 is 9.47 Å². The summed E-state index contributed by atoms with van der Waals surface area (Å²) in [7, 11) is 0. The third-order valence-electron chi connectivity index (χ3n) is 3.90. The van der Waals surface area contributed by atoms with Gasteiger partial charge in [0.1, 0.15) is 24.0 Å². The Hall–Kier alpha value is -2.58. The first kappa shape index (κ1) is 20.7. The van der Waals surface area contributed by atoms with E-state index in [4.69, 9.17) is 9.47 Å². The maximum atomic E-state index is 12.1. The first-order valence-electron chi connectivity index (χ1n) is 8.62. The summed E-state index contributed by atoms with van der Waals surface area (Å²) < 4.78 is 11.9. The number of rotatable bonds is 6. The molecule has 2 aromatic carbocycles. The van der Waals surface area contributed by atoms with Crippen LogP contribution in [-0.2, 0) is 16.1 Å². The molecule has 140 valence electrons. The second-order valence-electron chi connectivity index (χ2n) is 6.48. The Morgan fingerprint density at radius 2 is 1.96 bits per heavy atom. The van der Waals surface area contributed by atoms with Gasteiger partial charge in [0, 0.05) is 0 Å². The van der Waals surface area contributed by atoms with E-state index in [-0.39, 0.29) is 11.7 Å². The molecule has 0 N–H and O–H groups in total. The zero-order valence-corrected chi connectivity index (χ0v) is 17.5. The second-order valence-corrected chi connectivity index (χ2v) is 7.34. The largest absolute Gasteiger partial charge is 0.488 e. The molecule has 27 heavy (non-hydrogen) atoms. The highest BCUT2D eigenvalue weighted by Crippen LogP contribution is 2.26. The van der Waals surface area contributed by atoms with Crippen LogP contribution in [0, 0.1) is 25.2 Å². The highest BCUT2D eigenvalue weighted by molar-refractivity contribution is 9.10. The average molecular weight is 428 g/mol. The number of aryl methyl sites for hydroxylation is 1. The van der Waals surface area contributed by atoms with Crippen LogP contribution in [0.1, 0.15) is 36.1 Å². The minimum atomic E-state index is -0.612. The van der Waals surface area contributed by atoms with Crippen molar-refractivity contribution < 1.29 is 14.3 Å². The molecule has 0 saturated heterocycles. The van der Waals surface area contributed by atoms with Gasteiger partial charge in [-0.2, -0.15) is 5.26 Å². The molecule has 0 bridgehead atoms. The van der Waals surface area contributed by atoms with Crippen molar-refractivity contribution in [2.24, 2.45) is 0 Å². The number of carbonyl (C=O) groups is 1. The number of hydrogen-bond acceptors (Lipinski definition) is 4. The Labute approximate surface area is 168 Å². The molecule has 0 aliphatic rings. The van der Waals surface area contributed by atoms with Crippen LogP contribution in [0.15, 0.2) is 46.4 Å². The summed E-state index contributed by atoms with van der Waals surface area (Å²) in [5, 5.41) is 9.33. The van der Waals surface area contributed by atoms with Crippen LogP contribution >= 0.6 is 15.9 Å². The summed E-state index contributed by atoms with van der Waals surface area (Å²) in [4.78, 5) is 12.1. The summed E-state index contributed by atoms with van der Waals surface area (Å²) in [5.41, 5.74) is 3.75. The van der Waals surface area contributed by atoms with Crippen LogP contribution in [0.25, 0.3) is 6.08 Å². The maximum absolute atomic E-state index is 12.1. The molecule has 0 aliphatic carbocycles. The van der Waals surface area contributed by atoms with Gasteiger partial charge in [-0.25, -0.2) is 4.79 Å². The molecular weight excluding hydrogens is 406 g/mol. The van der Waals surface area contributed by atoms with Gasteiger partial charge in [-0.05, 0) is 78.5 Å². The summed E-state index contributed by atoms with van der Waals surface area (Å²) in [6.45, 7) is 7.81. The monoisotopic (exact) mass is 427 g/mol. The van der Waals surface area contributed by atoms with Crippen LogP contribution in [0.2, 0.25) is 0 Å². The number of halogens is 1. The van der Waals surface area contributed by atoms with E-state index in [9.17, 15) is 10.1 Å². The van der Waals surface area contributed by atoms with Crippen LogP contribution in [0.3, 0.4) is 0 Å². The van der Waals surface area contributed by atoms with E-state index in [1.54, 1.807) is 19.9 Å². The third kappa shape index (κ3) is 5.70. The number of hydrogen-bond donors (Lipinski definition) is 0. The average Bonchev–Trinajstić information content (AvgIpc) is 2.61. The fourth-order valence-corrected chi connectivity index (χ4v) is 2.95. The number of nitriles is 1. The lowest BCUT2D eigenvalue weighted by molar-refractivity contribution is -0.142. The van der Waals surface area contributed by atoms with Crippen molar-refractivity contribution in [3.05, 3.63) is 68.7 Å². The Balaban J connectivity index is 2.31. The van der Waals surface area contributed by atoms with E-state index in [1.807, 2.05) is 56.3 Å². The topological polar surface area (TPSA) is 59.3 Å². The van der Waals surface area contributed by atoms with Crippen molar-refractivity contribution in [2.75, 3.05) is 0 Å². The number of esters is 1. The molecule has 0 spiro atoms. The molecule has 0 aromatic heterocycles. The maximum Gasteiger partial charge on any atom is 0.349 e. The van der Waals surface area contributed by atoms with E-state index >= 15 is 0 Å². The van der Waals surface area contributed by atoms with Crippen molar-refractivity contribution in [3.8, 4) is 11.8 Å². The first-order chi connectivity index (χ1) is 12.8. The van der Waals surface area contributed by atoms with Gasteiger partial charge >= 0.3 is 5.97 Å². The lowest BCUT2D eigenvalue weighted by Crippen LogP contribution is -2.13. The molecule has 0 saturated carbocycles. The molecule has 0 radical (unpaired) electrons. The second kappa shape index (κ2) is 9.38. The molecule has 0 aliphatic heterocycles. The SMILES string of the molecule is Cc1cc(/C=C(\C#N)C(=O)OC(C)C)c(C)c(COc2ccccc2Br)c1. The molecule has 5 heteroatoms. The summed E-state index contributed by atoms with van der Waals surface area (Å²) in [5.74, 6) is 0.146. The summed E-state index contributed by atoms with van der Waals surface area (Å²) in [6, 6.07) is 13.6. The minimum Gasteiger partial charge on any atom is -0.488 e. The molecule has 0 unspecified atom stereocenters. The third-order valence-corrected chi connectivity index (χ3v) is 4.56. The molecule has 2 aromatic rings. The number of benzene rings is 2. The highest BCUT2D eigenvalue weighted by Gasteiger charge is 2.14. The van der Waals surface area contributed by atoms with Gasteiger partial charge in [0.15, 0.2) is 0 Å². The zero-order valence-electron chi connectivity index (χ0n) is 15.9. The summed E-state index contributed by atoms with van der Waals surface area (Å²) in [6.07, 6.45) is 1.30. The smallest absolute Gasteiger partial charge is 0.349 e. The predicted octanol–water partition coefficient (Wildman–Crippen LogP) is 5.50. The van der Waals surface area contributed by atoms with Gasteiger partial charge in [-0.15, -0.1) is 0 Å². The van der Waals surface area contributed by atoms with Crippen molar-refractivity contribution in [2.45, 2.75) is 40.4 Å². The molecule has 0 heterocycles. The van der Waals surface area contributed by atoms with E-state index in [0.717, 1.165) is 32.5 Å². The quantitative estimate of drug-likeness (QED) is 0.346. The van der Waals surface area contributed by atoms with Crippen molar-refractivity contribution in [1.82, 2.24) is 0 Å². The fourth-order valence-electron chi connectivity index (χ4n) is 2.55. The summed E-state index contributed by atoms with van der Waals surface area (Å²) >= 11 is 3.47. The molecule has 0 atom stereocenters. The van der Waals surface area contributed by atoms with E-state index in [1.165, 1.54) is 0 Å². The van der Waals surface area contributed by atoms with Crippen molar-refractivity contribution in [3.63, 3.8) is 0 Å². The Morgan fingerprint density at radius 1 is 1.26 bits per heavy atom. The van der Waals surface area contributed by atoms with E-state index in [2.05, 4.69) is 15.9 Å². The number of ether oxygens (including phenoxy) is 2. The molecule has 0 fully saturated rings. The fraction of sp³-hybridized carbons (Fsp3) is 0.273. The van der Waals surface area contributed by atoms with Crippen molar-refractivity contribution in [1.29, 1.82) is 5.26 Å². The lowest BCUT2D eigenvalue weighted by Gasteiger charge is -2.14. The van der Waals surface area contributed by atoms with Gasteiger partial charge in [-0.3, -0.25) is 0 Å². The normalized spacial score (nSPS) is 11.2. The lowest BCUT2D eigenvalue weighted by atomic mass is 9.98. The Kier molecular flexibility index (Phi) is 7.20. The number of carbonyl (C=O) groups excluding carboxylic acids is 1. The molecule has 2 rings (SSSR count). The Morgan fingerprint density at radius 3 is 2.59 bits per heavy atom. The first-order valence-corrected chi connectivity index (χ1v) is 9.41. The van der Waals surface area contributed by atoms with Gasteiger partial charge in [0.05, 0.1) is 10.6 Å². The standard InChI is InChI=1S/C22H22BrNO3/c1-14(2)27-22(25)18(12-24)11-17-9-15(3)10-19(16(17)4)13-26-21-8-6-5-7-20(21)23/h5-11,14H,13H2,1-4H3/b18-11+. The molecular formula is C22H22BrNO3. The van der Waals surface area contributed by atoms with Gasteiger partial charge in [0.25, 0.3) is 0 Å². The van der Waals surface area contributed by atoms with Crippen LogP contribution in [0.4, 0.5) is 0 Å². The van der Waals surface area contributed by atoms with Crippen LogP contribution < -0.4 is 4.74 Å². The zero-order chi connectivity index (χ0) is 20.0. The highest BCUT2D eigenvalue weighted by atomic mass is 79.9. The molecule has 0 amide bonds. The van der Waals surface area contributed by atoms with Gasteiger partial charge in [-0.1, -0.05) is 29.8 Å². The van der Waals surface area contributed by atoms with Crippen LogP contribution in [0.5, 0.6) is 5.75 Å². The predicted molar refractivity (Wildman–Crippen MR) is 109 cm³/mol. The van der Waals surface area contributed by atoms with Crippen LogP contribution in [-0.4, -0.2) is 12.1 Å². The van der Waals surface area contributed by atoms with Crippen molar-refractivity contribution >= 4 is 28.0 Å². The minimum absolute atomic E-state index is 0.0185. The number of nitrogens with zero attached hydrogens (tertiary/aromatic N) is 1. The van der Waals surface area contributed by atoms with E-state index in [0.29, 0.717) is 6.61 Å².